The minimum absolute atomic E-state index is 0.00714. The summed E-state index contributed by atoms with van der Waals surface area (Å²) in [4.78, 5) is 24.7. The lowest BCUT2D eigenvalue weighted by molar-refractivity contribution is -0.169. The third-order valence-corrected chi connectivity index (χ3v) is 4.20. The number of para-hydroxylation sites is 1. The van der Waals surface area contributed by atoms with Crippen molar-refractivity contribution in [2.45, 2.75) is 79.6 Å². The van der Waals surface area contributed by atoms with Crippen LogP contribution < -0.4 is 4.74 Å². The van der Waals surface area contributed by atoms with Crippen LogP contribution in [-0.4, -0.2) is 29.7 Å². The lowest BCUT2D eigenvalue weighted by atomic mass is 9.93. The molecule has 0 fully saturated rings. The van der Waals surface area contributed by atoms with Crippen LogP contribution in [-0.2, 0) is 19.1 Å². The van der Waals surface area contributed by atoms with Crippen molar-refractivity contribution < 1.29 is 23.8 Å². The van der Waals surface area contributed by atoms with Gasteiger partial charge in [-0.1, -0.05) is 52.8 Å². The highest BCUT2D eigenvalue weighted by atomic mass is 16.6. The zero-order valence-electron chi connectivity index (χ0n) is 18.5. The second-order valence-electron chi connectivity index (χ2n) is 8.98. The molecule has 1 aromatic rings. The van der Waals surface area contributed by atoms with Gasteiger partial charge in [0.05, 0.1) is 12.3 Å². The third-order valence-electron chi connectivity index (χ3n) is 4.20. The summed E-state index contributed by atoms with van der Waals surface area (Å²) in [5, 5.41) is 0. The van der Waals surface area contributed by atoms with Crippen LogP contribution in [0.3, 0.4) is 0 Å². The lowest BCUT2D eigenvalue weighted by Gasteiger charge is -2.33. The first-order valence-electron chi connectivity index (χ1n) is 10.0. The Balaban J connectivity index is 2.82. The van der Waals surface area contributed by atoms with E-state index in [0.29, 0.717) is 0 Å². The number of ether oxygens (including phenoxy) is 3. The molecule has 0 saturated heterocycles. The van der Waals surface area contributed by atoms with Crippen LogP contribution in [0.25, 0.3) is 0 Å². The molecule has 0 radical (unpaired) electrons. The van der Waals surface area contributed by atoms with E-state index in [2.05, 4.69) is 0 Å². The Morgan fingerprint density at radius 3 is 1.89 bits per heavy atom. The second kappa shape index (κ2) is 10.5. The number of hydrogen-bond acceptors (Lipinski definition) is 5. The maximum absolute atomic E-state index is 12.7. The molecule has 0 amide bonds. The molecule has 0 unspecified atom stereocenters. The average Bonchev–Trinajstić information content (AvgIpc) is 2.56. The van der Waals surface area contributed by atoms with Crippen molar-refractivity contribution >= 4 is 11.9 Å². The molecule has 0 aliphatic carbocycles. The van der Waals surface area contributed by atoms with Crippen LogP contribution in [0.2, 0.25) is 0 Å². The molecule has 158 valence electrons. The molecule has 0 aromatic heterocycles. The molecule has 5 nitrogen and oxygen atoms in total. The summed E-state index contributed by atoms with van der Waals surface area (Å²) in [5.41, 5.74) is -0.576. The second-order valence-corrected chi connectivity index (χ2v) is 8.98. The van der Waals surface area contributed by atoms with Gasteiger partial charge < -0.3 is 14.2 Å². The van der Waals surface area contributed by atoms with Gasteiger partial charge in [0.25, 0.3) is 0 Å². The molecule has 0 aliphatic heterocycles. The van der Waals surface area contributed by atoms with E-state index in [4.69, 9.17) is 14.2 Å². The zero-order valence-corrected chi connectivity index (χ0v) is 18.5. The summed E-state index contributed by atoms with van der Waals surface area (Å²) >= 11 is 0. The number of carbonyl (C=O) groups is 2. The fraction of sp³-hybridized carbons (Fsp3) is 0.652. The van der Waals surface area contributed by atoms with E-state index in [-0.39, 0.29) is 24.4 Å². The maximum atomic E-state index is 12.7. The number of benzene rings is 1. The van der Waals surface area contributed by atoms with Crippen molar-refractivity contribution in [2.75, 3.05) is 0 Å². The van der Waals surface area contributed by atoms with E-state index < -0.39 is 29.6 Å². The van der Waals surface area contributed by atoms with Gasteiger partial charge in [-0.15, -0.1) is 0 Å². The van der Waals surface area contributed by atoms with Gasteiger partial charge in [-0.25, -0.2) is 0 Å². The molecule has 0 N–H and O–H groups in total. The Morgan fingerprint density at radius 2 is 1.43 bits per heavy atom. The molecule has 1 aromatic carbocycles. The van der Waals surface area contributed by atoms with Crippen molar-refractivity contribution in [2.24, 2.45) is 17.8 Å². The number of carbonyl (C=O) groups excluding carboxylic acids is 2. The highest BCUT2D eigenvalue weighted by Crippen LogP contribution is 2.25. The lowest BCUT2D eigenvalue weighted by Crippen LogP contribution is -2.44. The molecule has 0 saturated carbocycles. The highest BCUT2D eigenvalue weighted by molar-refractivity contribution is 5.80. The minimum atomic E-state index is -0.583. The Morgan fingerprint density at radius 1 is 0.893 bits per heavy atom. The Bertz CT molecular complexity index is 616. The van der Waals surface area contributed by atoms with E-state index in [9.17, 15) is 9.59 Å². The molecule has 5 heteroatoms. The molecule has 0 aliphatic rings. The van der Waals surface area contributed by atoms with Gasteiger partial charge in [0.1, 0.15) is 23.6 Å². The van der Waals surface area contributed by atoms with Crippen molar-refractivity contribution in [3.8, 4) is 5.75 Å². The first-order valence-corrected chi connectivity index (χ1v) is 10.0. The van der Waals surface area contributed by atoms with Crippen molar-refractivity contribution in [1.29, 1.82) is 0 Å². The third kappa shape index (κ3) is 8.32. The summed E-state index contributed by atoms with van der Waals surface area (Å²) in [6.07, 6.45) is -0.721. The normalized spacial score (nSPS) is 15.1. The van der Waals surface area contributed by atoms with Crippen molar-refractivity contribution in [3.05, 3.63) is 30.3 Å². The van der Waals surface area contributed by atoms with Crippen molar-refractivity contribution in [3.63, 3.8) is 0 Å². The summed E-state index contributed by atoms with van der Waals surface area (Å²) in [5.74, 6) is -0.452. The molecule has 0 spiro atoms. The molecular weight excluding hydrogens is 356 g/mol. The van der Waals surface area contributed by atoms with E-state index in [1.54, 1.807) is 27.7 Å². The Labute approximate surface area is 169 Å². The van der Waals surface area contributed by atoms with Crippen molar-refractivity contribution in [1.82, 2.24) is 0 Å². The summed E-state index contributed by atoms with van der Waals surface area (Å²) in [6.45, 7) is 15.2. The fourth-order valence-electron chi connectivity index (χ4n) is 2.79. The van der Waals surface area contributed by atoms with Crippen LogP contribution in [0.4, 0.5) is 0 Å². The summed E-state index contributed by atoms with van der Waals surface area (Å²) < 4.78 is 17.3. The smallest absolute Gasteiger partial charge is 0.309 e. The van der Waals surface area contributed by atoms with Crippen LogP contribution in [0.15, 0.2) is 30.3 Å². The molecule has 1 rings (SSSR count). The Hall–Kier alpha value is -2.04. The minimum Gasteiger partial charge on any atom is -0.486 e. The zero-order chi connectivity index (χ0) is 21.5. The average molecular weight is 393 g/mol. The van der Waals surface area contributed by atoms with Crippen LogP contribution in [0, 0.1) is 17.8 Å². The van der Waals surface area contributed by atoms with Crippen LogP contribution in [0.5, 0.6) is 5.75 Å². The molecule has 0 bridgehead atoms. The predicted octanol–water partition coefficient (Wildman–Crippen LogP) is 5.03. The molecule has 0 heterocycles. The number of rotatable bonds is 9. The molecule has 3 atom stereocenters. The number of hydrogen-bond donors (Lipinski definition) is 0. The molecule has 28 heavy (non-hydrogen) atoms. The quantitative estimate of drug-likeness (QED) is 0.552. The SMILES string of the molecule is CC(C)[C@@H](OC(=O)[C@H](C)CC(=O)OC(C)(C)C)[C@H](Oc1ccccc1)C(C)C. The molecular formula is C23H36O5. The van der Waals surface area contributed by atoms with E-state index >= 15 is 0 Å². The van der Waals surface area contributed by atoms with Gasteiger partial charge in [0, 0.05) is 0 Å². The van der Waals surface area contributed by atoms with E-state index in [1.165, 1.54) is 0 Å². The van der Waals surface area contributed by atoms with Gasteiger partial charge in [-0.2, -0.15) is 0 Å². The predicted molar refractivity (Wildman–Crippen MR) is 110 cm³/mol. The maximum Gasteiger partial charge on any atom is 0.309 e. The first-order chi connectivity index (χ1) is 12.9. The van der Waals surface area contributed by atoms with Gasteiger partial charge in [0.15, 0.2) is 0 Å². The largest absolute Gasteiger partial charge is 0.486 e. The summed E-state index contributed by atoms with van der Waals surface area (Å²) in [6, 6.07) is 9.52. The first kappa shape index (κ1) is 24.0. The van der Waals surface area contributed by atoms with Gasteiger partial charge in [-0.05, 0) is 44.7 Å². The fourth-order valence-corrected chi connectivity index (χ4v) is 2.79. The topological polar surface area (TPSA) is 61.8 Å². The standard InChI is InChI=1S/C23H36O5/c1-15(2)20(26-18-12-10-9-11-13-18)21(16(3)4)27-22(25)17(5)14-19(24)28-23(6,7)8/h9-13,15-17,20-21H,14H2,1-8H3/t17-,20-,21-/m1/s1. The van der Waals surface area contributed by atoms with Gasteiger partial charge in [-0.3, -0.25) is 9.59 Å². The van der Waals surface area contributed by atoms with Crippen LogP contribution >= 0.6 is 0 Å². The van der Waals surface area contributed by atoms with Gasteiger partial charge >= 0.3 is 11.9 Å². The van der Waals surface area contributed by atoms with Gasteiger partial charge in [0.2, 0.25) is 0 Å². The highest BCUT2D eigenvalue weighted by Gasteiger charge is 2.34. The van der Waals surface area contributed by atoms with Crippen LogP contribution in [0.1, 0.15) is 61.8 Å². The monoisotopic (exact) mass is 392 g/mol. The van der Waals surface area contributed by atoms with E-state index in [1.807, 2.05) is 58.0 Å². The summed E-state index contributed by atoms with van der Waals surface area (Å²) in [7, 11) is 0. The number of esters is 2. The van der Waals surface area contributed by atoms with E-state index in [0.717, 1.165) is 5.75 Å². The Kier molecular flexibility index (Phi) is 8.99.